The Balaban J connectivity index is 1.83. The quantitative estimate of drug-likeness (QED) is 0.341. The predicted octanol–water partition coefficient (Wildman–Crippen LogP) is 2.27. The van der Waals surface area contributed by atoms with Crippen molar-refractivity contribution in [3.63, 3.8) is 0 Å². The number of hydrogen-bond acceptors (Lipinski definition) is 5. The summed E-state index contributed by atoms with van der Waals surface area (Å²) in [6.45, 7) is 6.38. The zero-order chi connectivity index (χ0) is 18.0. The van der Waals surface area contributed by atoms with Crippen LogP contribution in [-0.4, -0.2) is 45.2 Å². The third kappa shape index (κ3) is 1.50. The molecule has 0 aromatic rings. The van der Waals surface area contributed by atoms with Crippen LogP contribution in [0.15, 0.2) is 0 Å². The molecule has 4 saturated carbocycles. The van der Waals surface area contributed by atoms with E-state index in [1.54, 1.807) is 0 Å². The van der Waals surface area contributed by atoms with Crippen LogP contribution in [0, 0.1) is 28.1 Å². The van der Waals surface area contributed by atoms with Gasteiger partial charge in [0.15, 0.2) is 5.60 Å². The van der Waals surface area contributed by atoms with Gasteiger partial charge in [-0.25, -0.2) is 4.79 Å². The number of carbonyl (C=O) groups excluding carboxylic acids is 2. The molecule has 4 aliphatic carbocycles. The van der Waals surface area contributed by atoms with Crippen LogP contribution in [0.5, 0.6) is 0 Å². The lowest BCUT2D eigenvalue weighted by atomic mass is 9.38. The van der Waals surface area contributed by atoms with Crippen molar-refractivity contribution in [2.45, 2.75) is 68.2 Å². The molecule has 0 unspecified atom stereocenters. The molecule has 5 nitrogen and oxygen atoms in total. The van der Waals surface area contributed by atoms with Gasteiger partial charge < -0.3 is 14.6 Å². The minimum absolute atomic E-state index is 0.0113. The highest BCUT2D eigenvalue weighted by molar-refractivity contribution is 14.1. The normalized spacial score (nSPS) is 58.5. The van der Waals surface area contributed by atoms with Crippen molar-refractivity contribution in [1.29, 1.82) is 0 Å². The van der Waals surface area contributed by atoms with E-state index in [1.807, 2.05) is 6.92 Å². The number of alkyl halides is 1. The second kappa shape index (κ2) is 4.61. The number of esters is 1. The van der Waals surface area contributed by atoms with Gasteiger partial charge >= 0.3 is 5.97 Å². The first-order chi connectivity index (χ1) is 11.6. The van der Waals surface area contributed by atoms with Crippen molar-refractivity contribution < 1.29 is 24.2 Å². The fraction of sp³-hybridized carbons (Fsp3) is 0.895. The fourth-order valence-corrected chi connectivity index (χ4v) is 9.09. The molecule has 0 aromatic heterocycles. The van der Waals surface area contributed by atoms with E-state index in [-0.39, 0.29) is 45.6 Å². The molecule has 4 bridgehead atoms. The van der Waals surface area contributed by atoms with Crippen LogP contribution in [0.1, 0.15) is 46.5 Å². The van der Waals surface area contributed by atoms with E-state index < -0.39 is 22.5 Å². The number of hydrogen-bond donors (Lipinski definition) is 1. The summed E-state index contributed by atoms with van der Waals surface area (Å²) in [6, 6.07) is 0. The lowest BCUT2D eigenvalue weighted by Gasteiger charge is -2.64. The summed E-state index contributed by atoms with van der Waals surface area (Å²) in [7, 11) is 0. The average Bonchev–Trinajstić information content (AvgIpc) is 2.77. The van der Waals surface area contributed by atoms with Gasteiger partial charge in [0.05, 0.1) is 23.0 Å². The van der Waals surface area contributed by atoms with Gasteiger partial charge in [0.1, 0.15) is 12.4 Å². The Morgan fingerprint density at radius 2 is 1.96 bits per heavy atom. The van der Waals surface area contributed by atoms with E-state index in [4.69, 9.17) is 9.47 Å². The molecule has 8 atom stereocenters. The van der Waals surface area contributed by atoms with E-state index in [0.717, 1.165) is 12.8 Å². The summed E-state index contributed by atoms with van der Waals surface area (Å²) in [5.74, 6) is -0.134. The summed E-state index contributed by atoms with van der Waals surface area (Å²) in [6.07, 6.45) is 1.90. The second-order valence-electron chi connectivity index (χ2n) is 9.66. The number of halogens is 1. The van der Waals surface area contributed by atoms with Crippen LogP contribution in [0.25, 0.3) is 0 Å². The standard InChI is InChI=1S/C19H25IO5/c1-9-10-4-5-18(12(9)21)17-8-24-15(23)19(18,6-10)25-14(17)16(2,3)7-11(20)13(17)22/h9-11,13-14,22H,4-8H2,1-3H3/t9-,10-,11-,13+,14-,17-,18-,19+/m0/s1. The van der Waals surface area contributed by atoms with E-state index in [2.05, 4.69) is 36.4 Å². The van der Waals surface area contributed by atoms with Crippen LogP contribution in [-0.2, 0) is 19.1 Å². The van der Waals surface area contributed by atoms with Gasteiger partial charge in [-0.15, -0.1) is 0 Å². The monoisotopic (exact) mass is 460 g/mol. The van der Waals surface area contributed by atoms with Gasteiger partial charge in [-0.3, -0.25) is 4.79 Å². The molecular weight excluding hydrogens is 435 g/mol. The number of cyclic esters (lactones) is 1. The van der Waals surface area contributed by atoms with Crippen molar-refractivity contribution in [3.8, 4) is 0 Å². The molecule has 138 valence electrons. The first-order valence-electron chi connectivity index (χ1n) is 9.35. The van der Waals surface area contributed by atoms with Crippen LogP contribution >= 0.6 is 22.6 Å². The maximum atomic E-state index is 13.7. The average molecular weight is 460 g/mol. The van der Waals surface area contributed by atoms with Gasteiger partial charge in [-0.1, -0.05) is 43.4 Å². The molecule has 2 spiro atoms. The molecule has 2 aliphatic heterocycles. The molecule has 0 amide bonds. The molecule has 6 heteroatoms. The van der Waals surface area contributed by atoms with Crippen LogP contribution in [0.4, 0.5) is 0 Å². The molecule has 0 aromatic carbocycles. The maximum absolute atomic E-state index is 13.7. The Kier molecular flexibility index (Phi) is 3.12. The van der Waals surface area contributed by atoms with E-state index in [0.29, 0.717) is 12.8 Å². The van der Waals surface area contributed by atoms with E-state index in [9.17, 15) is 14.7 Å². The number of aliphatic hydroxyl groups is 1. The van der Waals surface area contributed by atoms with E-state index in [1.165, 1.54) is 0 Å². The van der Waals surface area contributed by atoms with Gasteiger partial charge in [-0.05, 0) is 37.0 Å². The number of aliphatic hydroxyl groups excluding tert-OH is 1. The third-order valence-electron chi connectivity index (χ3n) is 8.33. The molecule has 1 N–H and O–H groups in total. The Bertz CT molecular complexity index is 691. The zero-order valence-corrected chi connectivity index (χ0v) is 17.0. The van der Waals surface area contributed by atoms with Crippen LogP contribution < -0.4 is 0 Å². The van der Waals surface area contributed by atoms with Crippen molar-refractivity contribution in [3.05, 3.63) is 0 Å². The SMILES string of the molecule is C[C@@H]1C(=O)[C@]23CC[C@H]1C[C@]21O[C@H]2C(C)(C)C[C@H](I)[C@@H](O)[C@@]23COC1=O. The van der Waals surface area contributed by atoms with Gasteiger partial charge in [0.25, 0.3) is 0 Å². The summed E-state index contributed by atoms with van der Waals surface area (Å²) < 4.78 is 12.3. The molecule has 6 aliphatic rings. The minimum Gasteiger partial charge on any atom is -0.463 e. The molecule has 2 heterocycles. The van der Waals surface area contributed by atoms with Gasteiger partial charge in [0, 0.05) is 9.84 Å². The maximum Gasteiger partial charge on any atom is 0.339 e. The minimum atomic E-state index is -1.18. The topological polar surface area (TPSA) is 72.8 Å². The lowest BCUT2D eigenvalue weighted by Crippen LogP contribution is -2.77. The Morgan fingerprint density at radius 3 is 2.68 bits per heavy atom. The summed E-state index contributed by atoms with van der Waals surface area (Å²) in [5.41, 5.74) is -3.14. The molecule has 6 rings (SSSR count). The van der Waals surface area contributed by atoms with Crippen LogP contribution in [0.2, 0.25) is 0 Å². The van der Waals surface area contributed by atoms with E-state index >= 15 is 0 Å². The second-order valence-corrected chi connectivity index (χ2v) is 11.3. The summed E-state index contributed by atoms with van der Waals surface area (Å²) in [5, 5.41) is 11.4. The zero-order valence-electron chi connectivity index (χ0n) is 14.9. The Morgan fingerprint density at radius 1 is 1.24 bits per heavy atom. The number of fused-ring (bicyclic) bond motifs is 2. The number of Topliss-reactive ketones (excluding diaryl/α,β-unsaturated/α-hetero) is 1. The third-order valence-corrected chi connectivity index (χ3v) is 9.45. The molecule has 6 fully saturated rings. The molecular formula is C19H25IO5. The Hall–Kier alpha value is -0.210. The highest BCUT2D eigenvalue weighted by atomic mass is 127. The number of rotatable bonds is 0. The number of ketones is 1. The van der Waals surface area contributed by atoms with Gasteiger partial charge in [-0.2, -0.15) is 0 Å². The van der Waals surface area contributed by atoms with Crippen molar-refractivity contribution >= 4 is 34.3 Å². The molecule has 2 saturated heterocycles. The number of carbonyl (C=O) groups is 2. The first kappa shape index (κ1) is 16.9. The summed E-state index contributed by atoms with van der Waals surface area (Å²) >= 11 is 2.31. The van der Waals surface area contributed by atoms with Gasteiger partial charge in [0.2, 0.25) is 0 Å². The van der Waals surface area contributed by atoms with Crippen molar-refractivity contribution in [1.82, 2.24) is 0 Å². The fourth-order valence-electron chi connectivity index (χ4n) is 7.32. The Labute approximate surface area is 161 Å². The van der Waals surface area contributed by atoms with Crippen molar-refractivity contribution in [2.75, 3.05) is 6.61 Å². The van der Waals surface area contributed by atoms with Crippen LogP contribution in [0.3, 0.4) is 0 Å². The summed E-state index contributed by atoms with van der Waals surface area (Å²) in [4.78, 5) is 26.7. The van der Waals surface area contributed by atoms with Crippen molar-refractivity contribution in [2.24, 2.45) is 28.1 Å². The smallest absolute Gasteiger partial charge is 0.339 e. The molecule has 0 radical (unpaired) electrons. The molecule has 25 heavy (non-hydrogen) atoms. The highest BCUT2D eigenvalue weighted by Crippen LogP contribution is 2.76. The lowest BCUT2D eigenvalue weighted by molar-refractivity contribution is -0.233. The predicted molar refractivity (Wildman–Crippen MR) is 97.2 cm³/mol. The largest absolute Gasteiger partial charge is 0.463 e. The first-order valence-corrected chi connectivity index (χ1v) is 10.6. The number of ether oxygens (including phenoxy) is 2. The highest BCUT2D eigenvalue weighted by Gasteiger charge is 2.88.